The number of hydrogen-bond acceptors (Lipinski definition) is 7. The van der Waals surface area contributed by atoms with Crippen LogP contribution >= 0.6 is 11.6 Å². The number of hydrogen-bond donors (Lipinski definition) is 1. The van der Waals surface area contributed by atoms with Crippen LogP contribution in [0.2, 0.25) is 5.15 Å². The minimum absolute atomic E-state index is 0.241. The number of rotatable bonds is 6. The van der Waals surface area contributed by atoms with Crippen LogP contribution in [0, 0.1) is 0 Å². The topological polar surface area (TPSA) is 77.9 Å². The van der Waals surface area contributed by atoms with Gasteiger partial charge in [0.25, 0.3) is 0 Å². The zero-order valence-electron chi connectivity index (χ0n) is 14.5. The van der Waals surface area contributed by atoms with Crippen LogP contribution in [0.25, 0.3) is 11.0 Å². The highest BCUT2D eigenvalue weighted by Crippen LogP contribution is 2.37. The summed E-state index contributed by atoms with van der Waals surface area (Å²) in [5.41, 5.74) is 5.00. The molecule has 0 aliphatic rings. The SMILES string of the molecule is COc1cc(C=NNc2nc3ccccc3nc2Cl)cc(OC)c1OC. The van der Waals surface area contributed by atoms with Gasteiger partial charge in [-0.2, -0.15) is 5.10 Å². The van der Waals surface area contributed by atoms with E-state index < -0.39 is 0 Å². The third-order valence-corrected chi connectivity index (χ3v) is 3.86. The van der Waals surface area contributed by atoms with Crippen LogP contribution in [-0.4, -0.2) is 37.5 Å². The van der Waals surface area contributed by atoms with Crippen LogP contribution in [-0.2, 0) is 0 Å². The second-order valence-electron chi connectivity index (χ2n) is 5.18. The van der Waals surface area contributed by atoms with Crippen LogP contribution in [0.4, 0.5) is 5.82 Å². The Morgan fingerprint density at radius 2 is 1.58 bits per heavy atom. The molecule has 0 amide bonds. The quantitative estimate of drug-likeness (QED) is 0.524. The fourth-order valence-electron chi connectivity index (χ4n) is 2.39. The minimum Gasteiger partial charge on any atom is -0.493 e. The maximum absolute atomic E-state index is 6.15. The zero-order chi connectivity index (χ0) is 18.5. The number of methoxy groups -OCH3 is 3. The number of fused-ring (bicyclic) bond motifs is 1. The molecule has 3 rings (SSSR count). The molecule has 0 aliphatic heterocycles. The highest BCUT2D eigenvalue weighted by Gasteiger charge is 2.12. The predicted molar refractivity (Wildman–Crippen MR) is 102 cm³/mol. The van der Waals surface area contributed by atoms with E-state index in [2.05, 4.69) is 20.5 Å². The molecule has 0 radical (unpaired) electrons. The summed E-state index contributed by atoms with van der Waals surface area (Å²) in [5, 5.41) is 4.41. The number of anilines is 1. The number of ether oxygens (including phenoxy) is 3. The fraction of sp³-hybridized carbons (Fsp3) is 0.167. The average Bonchev–Trinajstić information content (AvgIpc) is 2.67. The fourth-order valence-corrected chi connectivity index (χ4v) is 2.57. The molecule has 7 nitrogen and oxygen atoms in total. The van der Waals surface area contributed by atoms with E-state index in [1.165, 1.54) is 0 Å². The van der Waals surface area contributed by atoms with E-state index in [4.69, 9.17) is 25.8 Å². The largest absolute Gasteiger partial charge is 0.493 e. The molecule has 0 spiro atoms. The number of nitrogens with one attached hydrogen (secondary N) is 1. The van der Waals surface area contributed by atoms with Gasteiger partial charge in [-0.3, -0.25) is 5.43 Å². The number of benzene rings is 2. The van der Waals surface area contributed by atoms with E-state index in [0.717, 1.165) is 16.6 Å². The maximum Gasteiger partial charge on any atom is 0.203 e. The molecular formula is C18H17ClN4O3. The van der Waals surface area contributed by atoms with Crippen LogP contribution in [0.3, 0.4) is 0 Å². The Morgan fingerprint density at radius 1 is 0.962 bits per heavy atom. The maximum atomic E-state index is 6.15. The summed E-state index contributed by atoms with van der Waals surface area (Å²) in [4.78, 5) is 8.70. The molecule has 26 heavy (non-hydrogen) atoms. The molecule has 2 aromatic carbocycles. The Hall–Kier alpha value is -3.06. The van der Waals surface area contributed by atoms with Crippen LogP contribution in [0.5, 0.6) is 17.2 Å². The van der Waals surface area contributed by atoms with E-state index in [1.54, 1.807) is 39.7 Å². The first kappa shape index (κ1) is 17.8. The third kappa shape index (κ3) is 3.62. The summed E-state index contributed by atoms with van der Waals surface area (Å²) in [6.07, 6.45) is 1.59. The molecule has 3 aromatic rings. The van der Waals surface area contributed by atoms with Gasteiger partial charge >= 0.3 is 0 Å². The van der Waals surface area contributed by atoms with Crippen molar-refractivity contribution >= 4 is 34.7 Å². The van der Waals surface area contributed by atoms with Gasteiger partial charge < -0.3 is 14.2 Å². The molecule has 134 valence electrons. The normalized spacial score (nSPS) is 10.9. The van der Waals surface area contributed by atoms with Gasteiger partial charge in [-0.05, 0) is 24.3 Å². The Kier molecular flexibility index (Phi) is 5.38. The molecule has 1 aromatic heterocycles. The number of hydrazone groups is 1. The van der Waals surface area contributed by atoms with Crippen molar-refractivity contribution in [2.24, 2.45) is 5.10 Å². The van der Waals surface area contributed by atoms with Crippen LogP contribution in [0.1, 0.15) is 5.56 Å². The first-order chi connectivity index (χ1) is 12.7. The lowest BCUT2D eigenvalue weighted by molar-refractivity contribution is 0.324. The van der Waals surface area contributed by atoms with Crippen molar-refractivity contribution < 1.29 is 14.2 Å². The van der Waals surface area contributed by atoms with Crippen molar-refractivity contribution in [2.75, 3.05) is 26.8 Å². The lowest BCUT2D eigenvalue weighted by Gasteiger charge is -2.12. The Morgan fingerprint density at radius 3 is 2.15 bits per heavy atom. The van der Waals surface area contributed by atoms with Gasteiger partial charge in [0, 0.05) is 5.56 Å². The van der Waals surface area contributed by atoms with Gasteiger partial charge in [0.1, 0.15) is 0 Å². The summed E-state index contributed by atoms with van der Waals surface area (Å²) < 4.78 is 15.9. The average molecular weight is 373 g/mol. The summed E-state index contributed by atoms with van der Waals surface area (Å²) >= 11 is 6.15. The molecule has 0 saturated heterocycles. The van der Waals surface area contributed by atoms with E-state index in [9.17, 15) is 0 Å². The lowest BCUT2D eigenvalue weighted by Crippen LogP contribution is -1.99. The van der Waals surface area contributed by atoms with Crippen molar-refractivity contribution in [3.8, 4) is 17.2 Å². The van der Waals surface area contributed by atoms with Crippen LogP contribution in [0.15, 0.2) is 41.5 Å². The first-order valence-electron chi connectivity index (χ1n) is 7.67. The smallest absolute Gasteiger partial charge is 0.203 e. The second kappa shape index (κ2) is 7.88. The van der Waals surface area contributed by atoms with E-state index in [1.807, 2.05) is 24.3 Å². The Balaban J connectivity index is 1.86. The van der Waals surface area contributed by atoms with Gasteiger partial charge in [0.2, 0.25) is 5.75 Å². The standard InChI is InChI=1S/C18H17ClN4O3/c1-24-14-8-11(9-15(25-2)16(14)26-3)10-20-23-18-17(19)21-12-6-4-5-7-13(12)22-18/h4-10H,1-3H3,(H,22,23). The van der Waals surface area contributed by atoms with Gasteiger partial charge in [0.05, 0.1) is 38.6 Å². The molecule has 0 aliphatic carbocycles. The molecule has 0 atom stereocenters. The molecule has 0 bridgehead atoms. The molecule has 0 fully saturated rings. The Labute approximate surface area is 155 Å². The van der Waals surface area contributed by atoms with Crippen molar-refractivity contribution in [1.82, 2.24) is 9.97 Å². The molecule has 1 heterocycles. The lowest BCUT2D eigenvalue weighted by atomic mass is 10.2. The monoisotopic (exact) mass is 372 g/mol. The number of aromatic nitrogens is 2. The summed E-state index contributed by atoms with van der Waals surface area (Å²) in [6.45, 7) is 0. The van der Waals surface area contributed by atoms with Gasteiger partial charge in [-0.1, -0.05) is 23.7 Å². The van der Waals surface area contributed by atoms with Gasteiger partial charge in [-0.15, -0.1) is 0 Å². The number of nitrogens with zero attached hydrogens (tertiary/aromatic N) is 3. The van der Waals surface area contributed by atoms with Crippen molar-refractivity contribution in [3.63, 3.8) is 0 Å². The molecule has 0 saturated carbocycles. The highest BCUT2D eigenvalue weighted by molar-refractivity contribution is 6.32. The summed E-state index contributed by atoms with van der Waals surface area (Å²) in [7, 11) is 4.66. The van der Waals surface area contributed by atoms with Gasteiger partial charge in [0.15, 0.2) is 22.5 Å². The molecular weight excluding hydrogens is 356 g/mol. The molecule has 0 unspecified atom stereocenters. The predicted octanol–water partition coefficient (Wildman–Crippen LogP) is 3.76. The highest BCUT2D eigenvalue weighted by atomic mass is 35.5. The molecule has 1 N–H and O–H groups in total. The second-order valence-corrected chi connectivity index (χ2v) is 5.54. The van der Waals surface area contributed by atoms with E-state index >= 15 is 0 Å². The van der Waals surface area contributed by atoms with E-state index in [-0.39, 0.29) is 5.15 Å². The van der Waals surface area contributed by atoms with E-state index in [0.29, 0.717) is 23.1 Å². The van der Waals surface area contributed by atoms with Gasteiger partial charge in [-0.25, -0.2) is 9.97 Å². The first-order valence-corrected chi connectivity index (χ1v) is 8.05. The summed E-state index contributed by atoms with van der Waals surface area (Å²) in [5.74, 6) is 1.96. The Bertz CT molecular complexity index is 937. The summed E-state index contributed by atoms with van der Waals surface area (Å²) in [6, 6.07) is 11.0. The number of para-hydroxylation sites is 2. The van der Waals surface area contributed by atoms with Crippen molar-refractivity contribution in [2.45, 2.75) is 0 Å². The molecule has 8 heteroatoms. The minimum atomic E-state index is 0.241. The van der Waals surface area contributed by atoms with Crippen molar-refractivity contribution in [1.29, 1.82) is 0 Å². The van der Waals surface area contributed by atoms with Crippen molar-refractivity contribution in [3.05, 3.63) is 47.1 Å². The van der Waals surface area contributed by atoms with Crippen LogP contribution < -0.4 is 19.6 Å². The third-order valence-electron chi connectivity index (χ3n) is 3.60. The number of halogens is 1. The zero-order valence-corrected chi connectivity index (χ0v) is 15.2.